The van der Waals surface area contributed by atoms with Gasteiger partial charge in [0.05, 0.1) is 29.3 Å². The first-order valence-electron chi connectivity index (χ1n) is 11.3. The van der Waals surface area contributed by atoms with Gasteiger partial charge in [-0.25, -0.2) is 9.37 Å². The second-order valence-electron chi connectivity index (χ2n) is 8.49. The number of aromatic amines is 2. The molecule has 0 bridgehead atoms. The number of hydrogen-bond acceptors (Lipinski definition) is 5. The molecule has 4 aromatic rings. The molecule has 7 nitrogen and oxygen atoms in total. The van der Waals surface area contributed by atoms with E-state index in [1.165, 1.54) is 12.1 Å². The van der Waals surface area contributed by atoms with Crippen LogP contribution in [0.15, 0.2) is 36.4 Å². The number of imidazole rings is 1. The second kappa shape index (κ2) is 8.52. The monoisotopic (exact) mass is 436 g/mol. The fourth-order valence-corrected chi connectivity index (χ4v) is 4.52. The van der Waals surface area contributed by atoms with Crippen LogP contribution in [0.25, 0.3) is 33.5 Å². The highest BCUT2D eigenvalue weighted by molar-refractivity contribution is 5.93. The van der Waals surface area contributed by atoms with Crippen LogP contribution < -0.4 is 4.90 Å². The molecule has 0 spiro atoms. The third-order valence-electron chi connectivity index (χ3n) is 6.41. The van der Waals surface area contributed by atoms with Crippen molar-refractivity contribution in [1.29, 1.82) is 0 Å². The van der Waals surface area contributed by atoms with Gasteiger partial charge >= 0.3 is 0 Å². The number of likely N-dealkylation sites (N-methyl/N-ethyl adjacent to an activating group) is 1. The minimum absolute atomic E-state index is 0.190. The average Bonchev–Trinajstić information content (AvgIpc) is 3.41. The van der Waals surface area contributed by atoms with Crippen LogP contribution in [-0.4, -0.2) is 70.0 Å². The van der Waals surface area contributed by atoms with Gasteiger partial charge < -0.3 is 19.5 Å². The smallest absolute Gasteiger partial charge is 0.159 e. The highest BCUT2D eigenvalue weighted by atomic mass is 19.1. The number of nitrogens with one attached hydrogen (secondary N) is 2. The molecule has 1 aliphatic heterocycles. The number of halogens is 1. The van der Waals surface area contributed by atoms with Crippen LogP contribution in [0, 0.1) is 5.82 Å². The van der Waals surface area contributed by atoms with Crippen LogP contribution in [-0.2, 0) is 4.74 Å². The minimum atomic E-state index is -0.291. The van der Waals surface area contributed by atoms with E-state index >= 15 is 0 Å². The molecule has 0 radical (unpaired) electrons. The number of anilines is 1. The van der Waals surface area contributed by atoms with Gasteiger partial charge in [0.25, 0.3) is 0 Å². The molecule has 3 heterocycles. The molecule has 1 fully saturated rings. The number of ether oxygens (including phenoxy) is 1. The molecule has 0 unspecified atom stereocenters. The standard InChI is InChI=1S/C24H29FN6O/c1-4-30(5-2)12-18-13-31(15(3)14-32-18)17-7-9-20-22(11-17)27-24(26-20)23-19-8-6-16(25)10-21(19)28-29-23/h6-11,15,18H,4-5,12-14H2,1-3H3,(H,26,27)(H,28,29)/t15-,18-/m0/s1. The summed E-state index contributed by atoms with van der Waals surface area (Å²) in [6, 6.07) is 11.2. The van der Waals surface area contributed by atoms with Crippen LogP contribution in [0.2, 0.25) is 0 Å². The Labute approximate surface area is 186 Å². The van der Waals surface area contributed by atoms with Crippen LogP contribution in [0.3, 0.4) is 0 Å². The van der Waals surface area contributed by atoms with Gasteiger partial charge in [0.2, 0.25) is 0 Å². The fourth-order valence-electron chi connectivity index (χ4n) is 4.52. The molecule has 2 aromatic heterocycles. The zero-order chi connectivity index (χ0) is 22.2. The molecule has 0 amide bonds. The van der Waals surface area contributed by atoms with E-state index in [4.69, 9.17) is 9.72 Å². The Morgan fingerprint density at radius 2 is 2.00 bits per heavy atom. The average molecular weight is 437 g/mol. The molecular weight excluding hydrogens is 407 g/mol. The summed E-state index contributed by atoms with van der Waals surface area (Å²) >= 11 is 0. The van der Waals surface area contributed by atoms with E-state index < -0.39 is 0 Å². The van der Waals surface area contributed by atoms with Gasteiger partial charge in [-0.05, 0) is 56.4 Å². The number of hydrogen-bond donors (Lipinski definition) is 2. The van der Waals surface area contributed by atoms with Crippen LogP contribution in [0.5, 0.6) is 0 Å². The van der Waals surface area contributed by atoms with Gasteiger partial charge in [-0.2, -0.15) is 5.10 Å². The maximum absolute atomic E-state index is 13.5. The van der Waals surface area contributed by atoms with E-state index in [2.05, 4.69) is 57.9 Å². The number of nitrogens with zero attached hydrogens (tertiary/aromatic N) is 4. The predicted molar refractivity (Wildman–Crippen MR) is 125 cm³/mol. The second-order valence-corrected chi connectivity index (χ2v) is 8.49. The van der Waals surface area contributed by atoms with E-state index in [-0.39, 0.29) is 11.9 Å². The zero-order valence-electron chi connectivity index (χ0n) is 18.7. The first kappa shape index (κ1) is 20.9. The van der Waals surface area contributed by atoms with Crippen molar-refractivity contribution in [3.63, 3.8) is 0 Å². The SMILES string of the molecule is CCN(CC)C[C@H]1CN(c2ccc3nc(-c4n[nH]c5cc(F)ccc45)[nH]c3c2)[C@@H](C)CO1. The molecule has 1 saturated heterocycles. The maximum atomic E-state index is 13.5. The number of aromatic nitrogens is 4. The lowest BCUT2D eigenvalue weighted by Gasteiger charge is -2.41. The van der Waals surface area contributed by atoms with E-state index in [0.29, 0.717) is 29.7 Å². The summed E-state index contributed by atoms with van der Waals surface area (Å²) in [5.74, 6) is 0.380. The van der Waals surface area contributed by atoms with Gasteiger partial charge in [-0.3, -0.25) is 5.10 Å². The molecule has 1 aliphatic rings. The lowest BCUT2D eigenvalue weighted by Crippen LogP contribution is -2.52. The quantitative estimate of drug-likeness (QED) is 0.474. The van der Waals surface area contributed by atoms with Crippen molar-refractivity contribution in [3.8, 4) is 11.5 Å². The number of benzene rings is 2. The third-order valence-corrected chi connectivity index (χ3v) is 6.41. The molecular formula is C24H29FN6O. The minimum Gasteiger partial charge on any atom is -0.373 e. The Morgan fingerprint density at radius 3 is 2.81 bits per heavy atom. The van der Waals surface area contributed by atoms with Crippen molar-refractivity contribution >= 4 is 27.6 Å². The summed E-state index contributed by atoms with van der Waals surface area (Å²) in [7, 11) is 0. The van der Waals surface area contributed by atoms with E-state index in [1.807, 2.05) is 6.07 Å². The third kappa shape index (κ3) is 3.84. The Bertz CT molecular complexity index is 1230. The molecule has 2 N–H and O–H groups in total. The lowest BCUT2D eigenvalue weighted by molar-refractivity contribution is 0.00265. The number of fused-ring (bicyclic) bond motifs is 2. The summed E-state index contributed by atoms with van der Waals surface area (Å²) in [5.41, 5.74) is 4.33. The van der Waals surface area contributed by atoms with Gasteiger partial charge in [-0.1, -0.05) is 13.8 Å². The highest BCUT2D eigenvalue weighted by Crippen LogP contribution is 2.29. The molecule has 0 aliphatic carbocycles. The largest absolute Gasteiger partial charge is 0.373 e. The van der Waals surface area contributed by atoms with Crippen molar-refractivity contribution in [1.82, 2.24) is 25.1 Å². The fraction of sp³-hybridized carbons (Fsp3) is 0.417. The van der Waals surface area contributed by atoms with Crippen molar-refractivity contribution < 1.29 is 9.13 Å². The lowest BCUT2D eigenvalue weighted by atomic mass is 10.1. The summed E-state index contributed by atoms with van der Waals surface area (Å²) in [6.45, 7) is 11.2. The van der Waals surface area contributed by atoms with Crippen LogP contribution in [0.4, 0.5) is 10.1 Å². The zero-order valence-corrected chi connectivity index (χ0v) is 18.7. The summed E-state index contributed by atoms with van der Waals surface area (Å²) in [5, 5.41) is 8.10. The van der Waals surface area contributed by atoms with Crippen molar-refractivity contribution in [2.24, 2.45) is 0 Å². The number of rotatable bonds is 6. The molecule has 8 heteroatoms. The van der Waals surface area contributed by atoms with Gasteiger partial charge in [-0.15, -0.1) is 0 Å². The normalized spacial score (nSPS) is 19.5. The van der Waals surface area contributed by atoms with E-state index in [9.17, 15) is 4.39 Å². The Morgan fingerprint density at radius 1 is 1.16 bits per heavy atom. The van der Waals surface area contributed by atoms with Crippen molar-refractivity contribution in [2.45, 2.75) is 32.9 Å². The molecule has 32 heavy (non-hydrogen) atoms. The van der Waals surface area contributed by atoms with Crippen LogP contribution >= 0.6 is 0 Å². The molecule has 0 saturated carbocycles. The van der Waals surface area contributed by atoms with Crippen molar-refractivity contribution in [3.05, 3.63) is 42.2 Å². The molecule has 2 atom stereocenters. The highest BCUT2D eigenvalue weighted by Gasteiger charge is 2.27. The summed E-state index contributed by atoms with van der Waals surface area (Å²) in [6.07, 6.45) is 0.190. The van der Waals surface area contributed by atoms with Gasteiger partial charge in [0, 0.05) is 30.2 Å². The Hall–Kier alpha value is -2.97. The number of morpholine rings is 1. The Balaban J connectivity index is 1.43. The van der Waals surface area contributed by atoms with Gasteiger partial charge in [0.1, 0.15) is 11.5 Å². The first-order chi connectivity index (χ1) is 15.6. The van der Waals surface area contributed by atoms with Crippen LogP contribution in [0.1, 0.15) is 20.8 Å². The molecule has 168 valence electrons. The summed E-state index contributed by atoms with van der Waals surface area (Å²) < 4.78 is 19.6. The van der Waals surface area contributed by atoms with E-state index in [1.54, 1.807) is 6.07 Å². The topological polar surface area (TPSA) is 73.1 Å². The molecule has 5 rings (SSSR count). The Kier molecular flexibility index (Phi) is 5.57. The van der Waals surface area contributed by atoms with Gasteiger partial charge in [0.15, 0.2) is 5.82 Å². The predicted octanol–water partition coefficient (Wildman–Crippen LogP) is 4.18. The van der Waals surface area contributed by atoms with Crippen molar-refractivity contribution in [2.75, 3.05) is 37.7 Å². The summed E-state index contributed by atoms with van der Waals surface area (Å²) in [4.78, 5) is 13.0. The number of H-pyrrole nitrogens is 2. The van der Waals surface area contributed by atoms with E-state index in [0.717, 1.165) is 48.3 Å². The first-order valence-corrected chi connectivity index (χ1v) is 11.3. The maximum Gasteiger partial charge on any atom is 0.159 e. The molecule has 2 aromatic carbocycles.